The summed E-state index contributed by atoms with van der Waals surface area (Å²) in [5.74, 6) is 1.85. The van der Waals surface area contributed by atoms with Crippen LogP contribution in [0.15, 0.2) is 180 Å². The summed E-state index contributed by atoms with van der Waals surface area (Å²) in [6.45, 7) is 0. The van der Waals surface area contributed by atoms with Gasteiger partial charge in [0, 0.05) is 47.6 Å². The van der Waals surface area contributed by atoms with E-state index in [4.69, 9.17) is 19.4 Å². The largest absolute Gasteiger partial charge is 0.456 e. The lowest BCUT2D eigenvalue weighted by Crippen LogP contribution is -2.00. The molecule has 260 valence electrons. The fourth-order valence-corrected chi connectivity index (χ4v) is 9.66. The van der Waals surface area contributed by atoms with E-state index in [1.165, 1.54) is 47.1 Å². The zero-order chi connectivity index (χ0) is 36.7. The molecule has 9 aromatic carbocycles. The fourth-order valence-electron chi connectivity index (χ4n) is 8.49. The van der Waals surface area contributed by atoms with Crippen LogP contribution in [0.5, 0.6) is 0 Å². The van der Waals surface area contributed by atoms with E-state index in [1.54, 1.807) is 0 Å². The van der Waals surface area contributed by atoms with Crippen molar-refractivity contribution in [2.24, 2.45) is 0 Å². The first-order valence-corrected chi connectivity index (χ1v) is 19.6. The van der Waals surface area contributed by atoms with Gasteiger partial charge in [-0.25, -0.2) is 15.0 Å². The van der Waals surface area contributed by atoms with Crippen molar-refractivity contribution in [2.45, 2.75) is 0 Å². The molecule has 3 aromatic heterocycles. The molecule has 0 bridgehead atoms. The van der Waals surface area contributed by atoms with E-state index in [-0.39, 0.29) is 0 Å². The van der Waals surface area contributed by atoms with Crippen molar-refractivity contribution in [1.29, 1.82) is 0 Å². The summed E-state index contributed by atoms with van der Waals surface area (Å²) < 4.78 is 8.73. The SMILES string of the molecule is c1ccc(-c2nc(-c3ccc4c(c3)oc3ccccc34)nc(-c3cc(-c4ccc5c6ccccc6c6ccccc6c5c4)cc4sc5ccccc5c34)n2)cc1. The molecule has 12 aromatic rings. The Bertz CT molecular complexity index is 3510. The second kappa shape index (κ2) is 12.2. The number of nitrogens with zero attached hydrogens (tertiary/aromatic N) is 3. The summed E-state index contributed by atoms with van der Waals surface area (Å²) in [7, 11) is 0. The highest BCUT2D eigenvalue weighted by atomic mass is 32.1. The van der Waals surface area contributed by atoms with E-state index in [0.717, 1.165) is 55.1 Å². The van der Waals surface area contributed by atoms with Crippen LogP contribution in [0, 0.1) is 0 Å². The number of hydrogen-bond donors (Lipinski definition) is 0. The third-order valence-corrected chi connectivity index (χ3v) is 12.2. The Kier molecular flexibility index (Phi) is 6.76. The van der Waals surface area contributed by atoms with E-state index in [9.17, 15) is 0 Å². The maximum absolute atomic E-state index is 6.32. The van der Waals surface area contributed by atoms with Gasteiger partial charge in [0.2, 0.25) is 0 Å². The summed E-state index contributed by atoms with van der Waals surface area (Å²) in [4.78, 5) is 15.6. The van der Waals surface area contributed by atoms with Crippen molar-refractivity contribution in [2.75, 3.05) is 0 Å². The van der Waals surface area contributed by atoms with Crippen molar-refractivity contribution >= 4 is 85.8 Å². The van der Waals surface area contributed by atoms with Crippen molar-refractivity contribution < 1.29 is 4.42 Å². The molecule has 0 saturated heterocycles. The monoisotopic (exact) mass is 731 g/mol. The van der Waals surface area contributed by atoms with E-state index < -0.39 is 0 Å². The molecule has 5 heteroatoms. The minimum atomic E-state index is 0.596. The van der Waals surface area contributed by atoms with Gasteiger partial charge in [0.1, 0.15) is 11.2 Å². The quantitative estimate of drug-likeness (QED) is 0.169. The zero-order valence-corrected chi connectivity index (χ0v) is 30.7. The number of rotatable bonds is 4. The minimum absolute atomic E-state index is 0.596. The molecule has 0 aliphatic rings. The van der Waals surface area contributed by atoms with Crippen LogP contribution >= 0.6 is 11.3 Å². The van der Waals surface area contributed by atoms with E-state index >= 15 is 0 Å². The molecule has 0 fully saturated rings. The van der Waals surface area contributed by atoms with Crippen molar-refractivity contribution in [3.05, 3.63) is 176 Å². The maximum atomic E-state index is 6.32. The van der Waals surface area contributed by atoms with Crippen LogP contribution in [-0.4, -0.2) is 15.0 Å². The standard InChI is InChI=1S/C51H29N3OS/c1-2-12-30(13-3-1)49-52-50(32-23-25-40-39-18-8-10-20-44(39)55-45(40)28-32)54-51(53-49)43-27-33(29-47-48(43)41-19-9-11-21-46(41)56-47)31-22-24-38-36-16-5-4-14-34(36)35-15-6-7-17-37(35)42(38)26-31/h1-29H. The lowest BCUT2D eigenvalue weighted by atomic mass is 9.91. The van der Waals surface area contributed by atoms with Crippen LogP contribution in [0.3, 0.4) is 0 Å². The zero-order valence-electron chi connectivity index (χ0n) is 29.9. The predicted octanol–water partition coefficient (Wildman–Crippen LogP) is 14.3. The Morgan fingerprint density at radius 2 is 0.875 bits per heavy atom. The molecular weight excluding hydrogens is 703 g/mol. The molecule has 3 heterocycles. The van der Waals surface area contributed by atoms with Gasteiger partial charge in [-0.2, -0.15) is 0 Å². The molecule has 0 atom stereocenters. The molecule has 0 aliphatic carbocycles. The molecule has 0 spiro atoms. The molecule has 56 heavy (non-hydrogen) atoms. The van der Waals surface area contributed by atoms with Crippen LogP contribution in [-0.2, 0) is 0 Å². The number of benzene rings is 9. The Morgan fingerprint density at radius 3 is 1.64 bits per heavy atom. The second-order valence-electron chi connectivity index (χ2n) is 14.3. The molecule has 12 rings (SSSR count). The first-order chi connectivity index (χ1) is 27.7. The molecule has 0 unspecified atom stereocenters. The summed E-state index contributed by atoms with van der Waals surface area (Å²) in [5.41, 5.74) is 6.70. The van der Waals surface area contributed by atoms with Gasteiger partial charge in [-0.3, -0.25) is 0 Å². The van der Waals surface area contributed by atoms with Gasteiger partial charge < -0.3 is 4.42 Å². The summed E-state index contributed by atoms with van der Waals surface area (Å²) >= 11 is 1.81. The summed E-state index contributed by atoms with van der Waals surface area (Å²) in [6, 6.07) is 62.2. The maximum Gasteiger partial charge on any atom is 0.164 e. The normalized spacial score (nSPS) is 11.9. The van der Waals surface area contributed by atoms with Gasteiger partial charge in [0.15, 0.2) is 17.5 Å². The van der Waals surface area contributed by atoms with Crippen molar-refractivity contribution in [1.82, 2.24) is 15.0 Å². The van der Waals surface area contributed by atoms with Gasteiger partial charge in [-0.15, -0.1) is 11.3 Å². The summed E-state index contributed by atoms with van der Waals surface area (Å²) in [6.07, 6.45) is 0. The number of hydrogen-bond acceptors (Lipinski definition) is 5. The van der Waals surface area contributed by atoms with Gasteiger partial charge in [-0.05, 0) is 85.9 Å². The van der Waals surface area contributed by atoms with Crippen LogP contribution < -0.4 is 0 Å². The Morgan fingerprint density at radius 1 is 0.321 bits per heavy atom. The number of para-hydroxylation sites is 1. The van der Waals surface area contributed by atoms with Gasteiger partial charge in [-0.1, -0.05) is 133 Å². The highest BCUT2D eigenvalue weighted by Crippen LogP contribution is 2.44. The second-order valence-corrected chi connectivity index (χ2v) is 15.4. The van der Waals surface area contributed by atoms with E-state index in [1.807, 2.05) is 47.7 Å². The van der Waals surface area contributed by atoms with Crippen molar-refractivity contribution in [3.8, 4) is 45.3 Å². The number of thiophene rings is 1. The molecule has 0 N–H and O–H groups in total. The van der Waals surface area contributed by atoms with Gasteiger partial charge in [0.05, 0.1) is 0 Å². The van der Waals surface area contributed by atoms with Crippen molar-refractivity contribution in [3.63, 3.8) is 0 Å². The Balaban J connectivity index is 1.12. The van der Waals surface area contributed by atoms with E-state index in [0.29, 0.717) is 17.5 Å². The third kappa shape index (κ3) is 4.81. The fraction of sp³-hybridized carbons (Fsp3) is 0. The lowest BCUT2D eigenvalue weighted by molar-refractivity contribution is 0.669. The number of aromatic nitrogens is 3. The van der Waals surface area contributed by atoms with Gasteiger partial charge in [0.25, 0.3) is 0 Å². The topological polar surface area (TPSA) is 51.8 Å². The molecule has 0 saturated carbocycles. The predicted molar refractivity (Wildman–Crippen MR) is 234 cm³/mol. The number of fused-ring (bicyclic) bond motifs is 12. The first kappa shape index (κ1) is 31.2. The van der Waals surface area contributed by atoms with Gasteiger partial charge >= 0.3 is 0 Å². The highest BCUT2D eigenvalue weighted by molar-refractivity contribution is 7.26. The van der Waals surface area contributed by atoms with Crippen LogP contribution in [0.4, 0.5) is 0 Å². The molecule has 0 aliphatic heterocycles. The van der Waals surface area contributed by atoms with Crippen LogP contribution in [0.25, 0.3) is 120 Å². The highest BCUT2D eigenvalue weighted by Gasteiger charge is 2.20. The first-order valence-electron chi connectivity index (χ1n) is 18.8. The molecule has 4 nitrogen and oxygen atoms in total. The molecular formula is C51H29N3OS. The third-order valence-electron chi connectivity index (χ3n) is 11.1. The average Bonchev–Trinajstić information content (AvgIpc) is 3.84. The minimum Gasteiger partial charge on any atom is -0.456 e. The molecule has 0 radical (unpaired) electrons. The van der Waals surface area contributed by atoms with E-state index in [2.05, 4.69) is 140 Å². The Hall–Kier alpha value is -7.21. The lowest BCUT2D eigenvalue weighted by Gasteiger charge is -2.14. The van der Waals surface area contributed by atoms with Crippen LogP contribution in [0.2, 0.25) is 0 Å². The number of furan rings is 1. The van der Waals surface area contributed by atoms with Crippen LogP contribution in [0.1, 0.15) is 0 Å². The summed E-state index contributed by atoms with van der Waals surface area (Å²) in [5, 5.41) is 12.0. The molecule has 0 amide bonds. The smallest absolute Gasteiger partial charge is 0.164 e. The Labute approximate surface area is 325 Å². The average molecular weight is 732 g/mol.